The number of nitrogens with one attached hydrogen (secondary N) is 4. The van der Waals surface area contributed by atoms with Crippen LogP contribution in [-0.2, 0) is 36.5 Å². The molecule has 73 heavy (non-hydrogen) atoms. The zero-order valence-electron chi connectivity index (χ0n) is 41.6. The van der Waals surface area contributed by atoms with E-state index in [1.54, 1.807) is 74.5 Å². The van der Waals surface area contributed by atoms with Gasteiger partial charge in [-0.25, -0.2) is 9.59 Å². The number of anilines is 4. The zero-order chi connectivity index (χ0) is 51.6. The maximum atomic E-state index is 13.0. The van der Waals surface area contributed by atoms with E-state index in [0.29, 0.717) is 33.6 Å². The summed E-state index contributed by atoms with van der Waals surface area (Å²) < 4.78 is 0. The molecule has 2 aliphatic carbocycles. The second-order valence-corrected chi connectivity index (χ2v) is 15.7. The quantitative estimate of drug-likeness (QED) is 0.0288. The molecule has 6 aromatic rings. The molecule has 0 radical (unpaired) electrons. The van der Waals surface area contributed by atoms with E-state index >= 15 is 0 Å². The molecular formula is C54H45CrN6O12+3. The van der Waals surface area contributed by atoms with Crippen LogP contribution < -0.4 is 21.5 Å². The molecule has 6 aromatic carbocycles. The van der Waals surface area contributed by atoms with Crippen LogP contribution in [0.4, 0.5) is 22.7 Å². The van der Waals surface area contributed by atoms with E-state index in [2.05, 4.69) is 31.7 Å². The molecule has 0 heterocycles. The number of nitrogens with zero attached hydrogens (tertiary/aromatic N) is 2. The van der Waals surface area contributed by atoms with Crippen LogP contribution >= 0.6 is 0 Å². The number of hydrazone groups is 2. The molecule has 2 amide bonds. The molecule has 0 aliphatic heterocycles. The number of aromatic hydroxyl groups is 2. The summed E-state index contributed by atoms with van der Waals surface area (Å²) >= 11 is 0. The molecule has 0 saturated carbocycles. The van der Waals surface area contributed by atoms with Gasteiger partial charge >= 0.3 is 16.2 Å². The van der Waals surface area contributed by atoms with Crippen molar-refractivity contribution in [2.75, 3.05) is 21.5 Å². The number of benzene rings is 6. The average molecular weight is 1020 g/mol. The largest absolute Gasteiger partial charge is 1.00 e. The molecule has 366 valence electrons. The third-order valence-corrected chi connectivity index (χ3v) is 11.1. The number of hydrogen-bond acceptors (Lipinski definition) is 14. The number of carbonyl (C=O) groups is 8. The van der Waals surface area contributed by atoms with Crippen molar-refractivity contribution in [2.45, 2.75) is 26.7 Å². The van der Waals surface area contributed by atoms with Gasteiger partial charge < -0.3 is 31.1 Å². The Bertz CT molecular complexity index is 3190. The van der Waals surface area contributed by atoms with Gasteiger partial charge in [-0.1, -0.05) is 86.7 Å². The fourth-order valence-corrected chi connectivity index (χ4v) is 7.40. The van der Waals surface area contributed by atoms with Crippen LogP contribution in [0.5, 0.6) is 11.5 Å². The normalized spacial score (nSPS) is 13.1. The van der Waals surface area contributed by atoms with E-state index in [9.17, 15) is 58.8 Å². The van der Waals surface area contributed by atoms with E-state index in [1.165, 1.54) is 84.9 Å². The average Bonchev–Trinajstić information content (AvgIpc) is 3.38. The van der Waals surface area contributed by atoms with Crippen molar-refractivity contribution >= 4 is 93.2 Å². The Morgan fingerprint density at radius 1 is 0.479 bits per heavy atom. The van der Waals surface area contributed by atoms with Gasteiger partial charge in [0.1, 0.15) is 22.9 Å². The van der Waals surface area contributed by atoms with Crippen LogP contribution in [0.3, 0.4) is 0 Å². The van der Waals surface area contributed by atoms with Gasteiger partial charge in [-0.3, -0.25) is 39.6 Å². The third kappa shape index (κ3) is 11.9. The molecule has 8 rings (SSSR count). The monoisotopic (exact) mass is 1020 g/mol. The minimum absolute atomic E-state index is 0. The molecule has 18 nitrogen and oxygen atoms in total. The minimum Gasteiger partial charge on any atom is -0.506 e. The SMILES string of the molecule is CCC(=O)Nc1cccc2c1C(=NNc1cc(C(=O)c3ccccc3C(=O)O)ccc1O)C(=O)C=C2.CCC(=O)Nc1cccc2c1C(=NNc1cc(C(=O)c3ccccc3C(=O)O)ccc1O)C(=O)C=C2.[Cr].[H+].[H+].[H+]. The molecule has 0 unspecified atom stereocenters. The standard InChI is InChI=1S/2C27H21N3O6.Cr/c2*1-2-23(33)28-19-9-5-6-15-10-13-22(32)25(24(15)19)30-29-20-14-16(11-12-21(20)31)26(34)17-7-3-4-8-18(17)27(35)36;/h2*3-14,29,31H,2H2,1H3,(H,28,33)(H,35,36);/p+3. The maximum absolute atomic E-state index is 13.0. The Hall–Kier alpha value is -9.57. The Kier molecular flexibility index (Phi) is 16.9. The molecule has 0 bridgehead atoms. The molecule has 8 N–H and O–H groups in total. The number of allylic oxidation sites excluding steroid dienone is 2. The van der Waals surface area contributed by atoms with Crippen LogP contribution in [0, 0.1) is 0 Å². The molecule has 0 aromatic heterocycles. The van der Waals surface area contributed by atoms with Gasteiger partial charge in [-0.15, -0.1) is 0 Å². The Labute approximate surface area is 431 Å². The van der Waals surface area contributed by atoms with Crippen molar-refractivity contribution in [2.24, 2.45) is 10.2 Å². The summed E-state index contributed by atoms with van der Waals surface area (Å²) in [7, 11) is 0. The van der Waals surface area contributed by atoms with Crippen molar-refractivity contribution < 1.29 is 80.4 Å². The van der Waals surface area contributed by atoms with E-state index < -0.39 is 35.1 Å². The smallest absolute Gasteiger partial charge is 0.506 e. The van der Waals surface area contributed by atoms with Crippen molar-refractivity contribution in [3.05, 3.63) is 189 Å². The summed E-state index contributed by atoms with van der Waals surface area (Å²) in [6.45, 7) is 3.41. The van der Waals surface area contributed by atoms with E-state index in [4.69, 9.17) is 0 Å². The number of phenolic OH excluding ortho intramolecular Hbond substituents is 2. The summed E-state index contributed by atoms with van der Waals surface area (Å²) in [6.07, 6.45) is 6.42. The van der Waals surface area contributed by atoms with Crippen LogP contribution in [0.15, 0.2) is 144 Å². The third-order valence-electron chi connectivity index (χ3n) is 11.1. The number of aromatic carboxylic acids is 2. The molecule has 0 atom stereocenters. The van der Waals surface area contributed by atoms with Gasteiger partial charge in [0.15, 0.2) is 11.6 Å². The molecular weight excluding hydrogens is 977 g/mol. The van der Waals surface area contributed by atoms with Crippen molar-refractivity contribution in [1.29, 1.82) is 0 Å². The number of carbonyl (C=O) groups excluding carboxylic acids is 6. The number of carboxylic acid groups (broad SMARTS) is 2. The summed E-state index contributed by atoms with van der Waals surface area (Å²) in [5.74, 6) is -5.39. The van der Waals surface area contributed by atoms with Crippen LogP contribution in [0.1, 0.15) is 106 Å². The fraction of sp³-hybridized carbons (Fsp3) is 0.0741. The molecule has 0 spiro atoms. The van der Waals surface area contributed by atoms with E-state index in [-0.39, 0.29) is 114 Å². The number of rotatable bonds is 14. The summed E-state index contributed by atoms with van der Waals surface area (Å²) in [5, 5.41) is 53.4. The number of hydrogen-bond donors (Lipinski definition) is 8. The summed E-state index contributed by atoms with van der Waals surface area (Å²) in [5.41, 5.74) is 8.23. The van der Waals surface area contributed by atoms with Gasteiger partial charge in [-0.05, 0) is 83.9 Å². The van der Waals surface area contributed by atoms with Crippen LogP contribution in [-0.4, -0.2) is 78.7 Å². The molecule has 0 saturated heterocycles. The van der Waals surface area contributed by atoms with Gasteiger partial charge in [0, 0.05) is 63.6 Å². The summed E-state index contributed by atoms with van der Waals surface area (Å²) in [6, 6.07) is 29.8. The van der Waals surface area contributed by atoms with Gasteiger partial charge in [0.25, 0.3) is 0 Å². The second kappa shape index (κ2) is 23.4. The van der Waals surface area contributed by atoms with Crippen molar-refractivity contribution in [3.63, 3.8) is 0 Å². The van der Waals surface area contributed by atoms with Gasteiger partial charge in [-0.2, -0.15) is 10.2 Å². The minimum atomic E-state index is -1.24. The molecule has 2 aliphatic rings. The predicted molar refractivity (Wildman–Crippen MR) is 272 cm³/mol. The number of carboxylic acids is 2. The topological polar surface area (TPSA) is 290 Å². The first kappa shape index (κ1) is 52.8. The maximum Gasteiger partial charge on any atom is 1.00 e. The first-order valence-corrected chi connectivity index (χ1v) is 22.0. The molecule has 19 heteroatoms. The number of phenols is 2. The first-order valence-electron chi connectivity index (χ1n) is 22.0. The van der Waals surface area contributed by atoms with Crippen molar-refractivity contribution in [1.82, 2.24) is 0 Å². The Morgan fingerprint density at radius 2 is 0.849 bits per heavy atom. The summed E-state index contributed by atoms with van der Waals surface area (Å²) in [4.78, 5) is 98.4. The predicted octanol–water partition coefficient (Wildman–Crippen LogP) is 8.50. The fourth-order valence-electron chi connectivity index (χ4n) is 7.40. The zero-order valence-corrected chi connectivity index (χ0v) is 39.9. The van der Waals surface area contributed by atoms with E-state index in [0.717, 1.165) is 0 Å². The molecule has 0 fully saturated rings. The number of fused-ring (bicyclic) bond motifs is 2. The van der Waals surface area contributed by atoms with Gasteiger partial charge in [0.2, 0.25) is 23.4 Å². The van der Waals surface area contributed by atoms with Crippen LogP contribution in [0.2, 0.25) is 0 Å². The van der Waals surface area contributed by atoms with Crippen molar-refractivity contribution in [3.8, 4) is 11.5 Å². The van der Waals surface area contributed by atoms with Gasteiger partial charge in [0.05, 0.1) is 33.9 Å². The second-order valence-electron chi connectivity index (χ2n) is 15.7. The Morgan fingerprint density at radius 3 is 1.21 bits per heavy atom. The van der Waals surface area contributed by atoms with E-state index in [1.807, 2.05) is 0 Å². The van der Waals surface area contributed by atoms with Crippen LogP contribution in [0.25, 0.3) is 12.2 Å². The first-order chi connectivity index (χ1) is 34.6. The Balaban J connectivity index is 0.000000380. The number of amides is 2. The number of ketones is 4.